The maximum Gasteiger partial charge on any atom is 0.416 e. The molecule has 1 fully saturated rings. The van der Waals surface area contributed by atoms with Crippen LogP contribution in [-0.2, 0) is 12.6 Å². The first-order valence-electron chi connectivity index (χ1n) is 6.58. The van der Waals surface area contributed by atoms with E-state index in [2.05, 4.69) is 5.32 Å². The summed E-state index contributed by atoms with van der Waals surface area (Å²) in [4.78, 5) is 13.3. The number of alkyl halides is 3. The molecule has 1 aliphatic heterocycles. The minimum Gasteiger partial charge on any atom is -0.335 e. The fraction of sp³-hybridized carbons (Fsp3) is 0.500. The number of carbonyl (C=O) groups excluding carboxylic acids is 1. The van der Waals surface area contributed by atoms with Gasteiger partial charge in [0, 0.05) is 19.1 Å². The highest BCUT2D eigenvalue weighted by molar-refractivity contribution is 5.75. The monoisotopic (exact) mass is 286 g/mol. The van der Waals surface area contributed by atoms with Gasteiger partial charge in [-0.3, -0.25) is 0 Å². The summed E-state index contributed by atoms with van der Waals surface area (Å²) in [6, 6.07) is 4.93. The molecular formula is C14H17F3N2O. The van der Waals surface area contributed by atoms with Crippen molar-refractivity contribution in [2.75, 3.05) is 13.1 Å². The van der Waals surface area contributed by atoms with E-state index >= 15 is 0 Å². The zero-order valence-electron chi connectivity index (χ0n) is 11.2. The molecule has 0 bridgehead atoms. The number of carbonyl (C=O) groups is 1. The maximum atomic E-state index is 12.9. The molecule has 0 spiro atoms. The molecule has 20 heavy (non-hydrogen) atoms. The van der Waals surface area contributed by atoms with E-state index in [9.17, 15) is 18.0 Å². The Morgan fingerprint density at radius 3 is 2.55 bits per heavy atom. The summed E-state index contributed by atoms with van der Waals surface area (Å²) < 4.78 is 38.6. The molecule has 1 saturated heterocycles. The molecule has 3 nitrogen and oxygen atoms in total. The number of urea groups is 1. The summed E-state index contributed by atoms with van der Waals surface area (Å²) in [5, 5.41) is 2.73. The zero-order valence-corrected chi connectivity index (χ0v) is 11.2. The van der Waals surface area contributed by atoms with Gasteiger partial charge in [0.25, 0.3) is 0 Å². The lowest BCUT2D eigenvalue weighted by atomic mass is 10.0. The Morgan fingerprint density at radius 1 is 1.35 bits per heavy atom. The van der Waals surface area contributed by atoms with Gasteiger partial charge >= 0.3 is 12.2 Å². The normalized spacial score (nSPS) is 16.5. The molecule has 0 saturated carbocycles. The highest BCUT2D eigenvalue weighted by Gasteiger charge is 2.33. The van der Waals surface area contributed by atoms with Crippen LogP contribution < -0.4 is 5.32 Å². The molecule has 1 atom stereocenters. The average Bonchev–Trinajstić information content (AvgIpc) is 2.25. The van der Waals surface area contributed by atoms with E-state index in [1.807, 2.05) is 0 Å². The number of benzene rings is 1. The Kier molecular flexibility index (Phi) is 4.20. The fourth-order valence-electron chi connectivity index (χ4n) is 2.18. The summed E-state index contributed by atoms with van der Waals surface area (Å²) in [5.74, 6) is 0. The molecule has 110 valence electrons. The molecule has 1 N–H and O–H groups in total. The Hall–Kier alpha value is -1.72. The predicted molar refractivity (Wildman–Crippen MR) is 69.3 cm³/mol. The molecule has 6 heteroatoms. The maximum absolute atomic E-state index is 12.9. The number of hydrogen-bond donors (Lipinski definition) is 1. The topological polar surface area (TPSA) is 32.3 Å². The summed E-state index contributed by atoms with van der Waals surface area (Å²) >= 11 is 0. The summed E-state index contributed by atoms with van der Waals surface area (Å²) in [6.45, 7) is 3.15. The van der Waals surface area contributed by atoms with Crippen LogP contribution in [0, 0.1) is 0 Å². The second-order valence-electron chi connectivity index (χ2n) is 5.05. The zero-order chi connectivity index (χ0) is 14.8. The summed E-state index contributed by atoms with van der Waals surface area (Å²) in [7, 11) is 0. The van der Waals surface area contributed by atoms with Crippen LogP contribution >= 0.6 is 0 Å². The SMILES string of the molecule is C[C@H](Cc1ccccc1C(F)(F)F)NC(=O)N1CCC1. The largest absolute Gasteiger partial charge is 0.416 e. The molecule has 2 amide bonds. The van der Waals surface area contributed by atoms with Gasteiger partial charge in [0.15, 0.2) is 0 Å². The summed E-state index contributed by atoms with van der Waals surface area (Å²) in [5.41, 5.74) is -0.429. The van der Waals surface area contributed by atoms with Crippen molar-refractivity contribution in [3.63, 3.8) is 0 Å². The van der Waals surface area contributed by atoms with Crippen LogP contribution in [0.15, 0.2) is 24.3 Å². The number of likely N-dealkylation sites (tertiary alicyclic amines) is 1. The highest BCUT2D eigenvalue weighted by atomic mass is 19.4. The average molecular weight is 286 g/mol. The first-order chi connectivity index (χ1) is 9.38. The van der Waals surface area contributed by atoms with Crippen LogP contribution in [0.2, 0.25) is 0 Å². The Morgan fingerprint density at radius 2 is 2.00 bits per heavy atom. The van der Waals surface area contributed by atoms with E-state index in [0.29, 0.717) is 0 Å². The van der Waals surface area contributed by atoms with E-state index in [0.717, 1.165) is 25.6 Å². The Bertz CT molecular complexity index is 484. The fourth-order valence-corrected chi connectivity index (χ4v) is 2.18. The lowest BCUT2D eigenvalue weighted by molar-refractivity contribution is -0.138. The molecular weight excluding hydrogens is 269 g/mol. The molecule has 1 heterocycles. The minimum absolute atomic E-state index is 0.162. The van der Waals surface area contributed by atoms with E-state index in [1.54, 1.807) is 17.9 Å². The Labute approximate surface area is 115 Å². The second kappa shape index (κ2) is 5.73. The van der Waals surface area contributed by atoms with E-state index in [4.69, 9.17) is 0 Å². The van der Waals surface area contributed by atoms with Crippen molar-refractivity contribution in [2.24, 2.45) is 0 Å². The number of halogens is 3. The third-order valence-corrected chi connectivity index (χ3v) is 3.36. The van der Waals surface area contributed by atoms with Crippen LogP contribution in [0.25, 0.3) is 0 Å². The van der Waals surface area contributed by atoms with Gasteiger partial charge in [-0.05, 0) is 31.4 Å². The molecule has 1 aliphatic rings. The number of rotatable bonds is 3. The highest BCUT2D eigenvalue weighted by Crippen LogP contribution is 2.32. The van der Waals surface area contributed by atoms with E-state index in [1.165, 1.54) is 12.1 Å². The third-order valence-electron chi connectivity index (χ3n) is 3.36. The van der Waals surface area contributed by atoms with Crippen LogP contribution in [0.3, 0.4) is 0 Å². The molecule has 2 rings (SSSR count). The van der Waals surface area contributed by atoms with Crippen LogP contribution in [0.4, 0.5) is 18.0 Å². The smallest absolute Gasteiger partial charge is 0.335 e. The van der Waals surface area contributed by atoms with Gasteiger partial charge in [0.05, 0.1) is 5.56 Å². The number of hydrogen-bond acceptors (Lipinski definition) is 1. The molecule has 1 aromatic carbocycles. The molecule has 0 aromatic heterocycles. The van der Waals surface area contributed by atoms with Crippen molar-refractivity contribution in [1.82, 2.24) is 10.2 Å². The van der Waals surface area contributed by atoms with Crippen molar-refractivity contribution in [2.45, 2.75) is 32.0 Å². The standard InChI is InChI=1S/C14H17F3N2O/c1-10(18-13(20)19-7-4-8-19)9-11-5-2-3-6-12(11)14(15,16)17/h2-3,5-6,10H,4,7-9H2,1H3,(H,18,20)/t10-/m1/s1. The van der Waals surface area contributed by atoms with E-state index in [-0.39, 0.29) is 24.1 Å². The lowest BCUT2D eigenvalue weighted by Crippen LogP contribution is -2.50. The van der Waals surface area contributed by atoms with Gasteiger partial charge < -0.3 is 10.2 Å². The van der Waals surface area contributed by atoms with E-state index < -0.39 is 11.7 Å². The molecule has 1 aromatic rings. The van der Waals surface area contributed by atoms with Gasteiger partial charge in [-0.25, -0.2) is 4.79 Å². The quantitative estimate of drug-likeness (QED) is 0.910. The first-order valence-corrected chi connectivity index (χ1v) is 6.58. The predicted octanol–water partition coefficient (Wildman–Crippen LogP) is 3.05. The van der Waals surface area contributed by atoms with Gasteiger partial charge in [0.2, 0.25) is 0 Å². The van der Waals surface area contributed by atoms with Crippen LogP contribution in [0.1, 0.15) is 24.5 Å². The van der Waals surface area contributed by atoms with Crippen LogP contribution in [-0.4, -0.2) is 30.1 Å². The Balaban J connectivity index is 2.00. The number of nitrogens with zero attached hydrogens (tertiary/aromatic N) is 1. The minimum atomic E-state index is -4.36. The summed E-state index contributed by atoms with van der Waals surface area (Å²) in [6.07, 6.45) is -3.22. The van der Waals surface area contributed by atoms with Crippen molar-refractivity contribution in [3.8, 4) is 0 Å². The molecule has 0 aliphatic carbocycles. The van der Waals surface area contributed by atoms with Crippen molar-refractivity contribution in [1.29, 1.82) is 0 Å². The van der Waals surface area contributed by atoms with Crippen LogP contribution in [0.5, 0.6) is 0 Å². The van der Waals surface area contributed by atoms with Gasteiger partial charge in [-0.2, -0.15) is 13.2 Å². The van der Waals surface area contributed by atoms with Gasteiger partial charge in [-0.15, -0.1) is 0 Å². The van der Waals surface area contributed by atoms with Crippen molar-refractivity contribution in [3.05, 3.63) is 35.4 Å². The molecule has 0 radical (unpaired) electrons. The number of nitrogens with one attached hydrogen (secondary N) is 1. The van der Waals surface area contributed by atoms with Crippen molar-refractivity contribution < 1.29 is 18.0 Å². The third kappa shape index (κ3) is 3.43. The van der Waals surface area contributed by atoms with Gasteiger partial charge in [-0.1, -0.05) is 18.2 Å². The van der Waals surface area contributed by atoms with Crippen molar-refractivity contribution >= 4 is 6.03 Å². The first kappa shape index (κ1) is 14.7. The second-order valence-corrected chi connectivity index (χ2v) is 5.05. The number of amides is 2. The van der Waals surface area contributed by atoms with Gasteiger partial charge in [0.1, 0.15) is 0 Å². The lowest BCUT2D eigenvalue weighted by Gasteiger charge is -2.32. The molecule has 0 unspecified atom stereocenters.